The van der Waals surface area contributed by atoms with E-state index in [0.717, 1.165) is 35.9 Å². The molecule has 4 N–H and O–H groups in total. The highest BCUT2D eigenvalue weighted by Crippen LogP contribution is 2.28. The first kappa shape index (κ1) is 23.9. The van der Waals surface area contributed by atoms with Crippen molar-refractivity contribution in [2.45, 2.75) is 35.5 Å². The third-order valence-electron chi connectivity index (χ3n) is 5.66. The number of sulfonamides is 2. The summed E-state index contributed by atoms with van der Waals surface area (Å²) in [4.78, 5) is 4.79. The lowest BCUT2D eigenvalue weighted by atomic mass is 10.3. The van der Waals surface area contributed by atoms with E-state index in [1.54, 1.807) is 46.8 Å². The van der Waals surface area contributed by atoms with Gasteiger partial charge in [-0.25, -0.2) is 21.8 Å². The first-order valence-corrected chi connectivity index (χ1v) is 14.4. The number of benzene rings is 2. The van der Waals surface area contributed by atoms with Crippen molar-refractivity contribution in [3.05, 3.63) is 42.5 Å². The molecule has 0 saturated carbocycles. The number of hydrogen-bond donors (Lipinski definition) is 2. The molecule has 12 heteroatoms. The number of anilines is 2. The van der Waals surface area contributed by atoms with E-state index in [1.807, 2.05) is 0 Å². The average molecular weight is 510 g/mol. The van der Waals surface area contributed by atoms with Crippen LogP contribution in [0.4, 0.5) is 10.8 Å². The number of nitrogen functional groups attached to an aromatic ring is 2. The Hall–Kier alpha value is -2.25. The molecule has 0 aliphatic carbocycles. The van der Waals surface area contributed by atoms with Gasteiger partial charge in [-0.3, -0.25) is 0 Å². The largest absolute Gasteiger partial charge is 0.399 e. The highest BCUT2D eigenvalue weighted by molar-refractivity contribution is 7.89. The summed E-state index contributed by atoms with van der Waals surface area (Å²) in [5.41, 5.74) is 12.5. The van der Waals surface area contributed by atoms with Crippen molar-refractivity contribution in [1.29, 1.82) is 0 Å². The van der Waals surface area contributed by atoms with E-state index in [9.17, 15) is 16.8 Å². The van der Waals surface area contributed by atoms with Crippen molar-refractivity contribution >= 4 is 52.4 Å². The molecule has 33 heavy (non-hydrogen) atoms. The lowest BCUT2D eigenvalue weighted by molar-refractivity contribution is 0.476. The predicted molar refractivity (Wildman–Crippen MR) is 131 cm³/mol. The van der Waals surface area contributed by atoms with E-state index < -0.39 is 20.0 Å². The van der Waals surface area contributed by atoms with Crippen molar-refractivity contribution in [2.75, 3.05) is 37.6 Å². The van der Waals surface area contributed by atoms with Crippen LogP contribution in [0.2, 0.25) is 0 Å². The quantitative estimate of drug-likeness (QED) is 0.515. The molecule has 2 aromatic carbocycles. The molecular formula is C21H27N5O4S3. The normalized spacial score (nSPS) is 17.8. The van der Waals surface area contributed by atoms with Crippen LogP contribution in [-0.4, -0.2) is 56.6 Å². The van der Waals surface area contributed by atoms with Gasteiger partial charge in [0, 0.05) is 31.9 Å². The fraction of sp³-hybridized carbons (Fsp3) is 0.381. The van der Waals surface area contributed by atoms with Crippen LogP contribution < -0.4 is 11.5 Å². The first-order valence-electron chi connectivity index (χ1n) is 10.7. The molecule has 0 unspecified atom stereocenters. The number of rotatable bonds is 4. The fourth-order valence-electron chi connectivity index (χ4n) is 3.88. The van der Waals surface area contributed by atoms with Crippen molar-refractivity contribution in [3.8, 4) is 0 Å². The van der Waals surface area contributed by atoms with Crippen LogP contribution >= 0.6 is 11.3 Å². The summed E-state index contributed by atoms with van der Waals surface area (Å²) in [5.74, 6) is 0. The maximum atomic E-state index is 12.4. The van der Waals surface area contributed by atoms with E-state index in [-0.39, 0.29) is 0 Å². The standard InChI is InChI=1S/C11H13N3O2S2.C10H14N2O2S/c12-11-13-9-4-3-8(7-10(9)17-11)18(15,16)14-5-1-2-6-14;11-9-3-5-10(6-4-9)15(13,14)12-7-1-2-8-12/h3-4,7H,1-2,5-6H2,(H2,12,13);3-6H,1-2,7-8,11H2. The van der Waals surface area contributed by atoms with E-state index in [2.05, 4.69) is 4.98 Å². The Balaban J connectivity index is 0.000000160. The molecule has 9 nitrogen and oxygen atoms in total. The van der Waals surface area contributed by atoms with Crippen molar-refractivity contribution in [1.82, 2.24) is 13.6 Å². The van der Waals surface area contributed by atoms with Gasteiger partial charge in [0.2, 0.25) is 20.0 Å². The molecule has 5 rings (SSSR count). The molecule has 2 fully saturated rings. The second kappa shape index (κ2) is 9.55. The van der Waals surface area contributed by atoms with Gasteiger partial charge in [0.05, 0.1) is 20.0 Å². The third-order valence-corrected chi connectivity index (χ3v) is 10.3. The van der Waals surface area contributed by atoms with Gasteiger partial charge in [0.15, 0.2) is 5.13 Å². The topological polar surface area (TPSA) is 140 Å². The molecule has 0 atom stereocenters. The van der Waals surface area contributed by atoms with Gasteiger partial charge >= 0.3 is 0 Å². The lowest BCUT2D eigenvalue weighted by Crippen LogP contribution is -2.27. The Morgan fingerprint density at radius 2 is 1.21 bits per heavy atom. The van der Waals surface area contributed by atoms with Gasteiger partial charge in [0.25, 0.3) is 0 Å². The first-order chi connectivity index (χ1) is 15.7. The number of aromatic nitrogens is 1. The molecule has 0 spiro atoms. The number of nitrogens with two attached hydrogens (primary N) is 2. The smallest absolute Gasteiger partial charge is 0.243 e. The summed E-state index contributed by atoms with van der Waals surface area (Å²) >= 11 is 1.31. The fourth-order valence-corrected chi connectivity index (χ4v) is 7.79. The molecule has 0 radical (unpaired) electrons. The Morgan fingerprint density at radius 1 is 0.727 bits per heavy atom. The van der Waals surface area contributed by atoms with Crippen LogP contribution in [0.5, 0.6) is 0 Å². The van der Waals surface area contributed by atoms with E-state index >= 15 is 0 Å². The van der Waals surface area contributed by atoms with Gasteiger partial charge in [-0.1, -0.05) is 11.3 Å². The molecule has 3 aromatic rings. The van der Waals surface area contributed by atoms with Gasteiger partial charge < -0.3 is 11.5 Å². The lowest BCUT2D eigenvalue weighted by Gasteiger charge is -2.15. The minimum Gasteiger partial charge on any atom is -0.399 e. The number of fused-ring (bicyclic) bond motifs is 1. The minimum absolute atomic E-state index is 0.332. The summed E-state index contributed by atoms with van der Waals surface area (Å²) in [7, 11) is -6.63. The Morgan fingerprint density at radius 3 is 1.76 bits per heavy atom. The third kappa shape index (κ3) is 5.14. The summed E-state index contributed by atoms with van der Waals surface area (Å²) < 4.78 is 52.7. The van der Waals surface area contributed by atoms with Crippen LogP contribution in [-0.2, 0) is 20.0 Å². The molecule has 0 amide bonds. The second-order valence-corrected chi connectivity index (χ2v) is 12.9. The monoisotopic (exact) mass is 509 g/mol. The second-order valence-electron chi connectivity index (χ2n) is 7.97. The number of thiazole rings is 1. The Labute approximate surface area is 198 Å². The number of nitrogens with zero attached hydrogens (tertiary/aromatic N) is 3. The maximum absolute atomic E-state index is 12.4. The van der Waals surface area contributed by atoms with Gasteiger partial charge in [-0.15, -0.1) is 0 Å². The van der Waals surface area contributed by atoms with E-state index in [4.69, 9.17) is 11.5 Å². The molecule has 2 saturated heterocycles. The zero-order valence-electron chi connectivity index (χ0n) is 18.1. The van der Waals surface area contributed by atoms with Crippen LogP contribution in [0.15, 0.2) is 52.3 Å². The van der Waals surface area contributed by atoms with Crippen LogP contribution in [0.3, 0.4) is 0 Å². The number of hydrogen-bond acceptors (Lipinski definition) is 8. The zero-order valence-corrected chi connectivity index (χ0v) is 20.5. The van der Waals surface area contributed by atoms with E-state index in [0.29, 0.717) is 46.8 Å². The molecule has 2 aliphatic heterocycles. The highest BCUT2D eigenvalue weighted by Gasteiger charge is 2.28. The van der Waals surface area contributed by atoms with Crippen molar-refractivity contribution in [2.24, 2.45) is 0 Å². The zero-order chi connectivity index (χ0) is 23.6. The summed E-state index contributed by atoms with van der Waals surface area (Å²) in [6, 6.07) is 11.3. The molecule has 2 aliphatic rings. The molecule has 178 valence electrons. The Kier molecular flexibility index (Phi) is 6.91. The van der Waals surface area contributed by atoms with E-state index in [1.165, 1.54) is 15.6 Å². The minimum atomic E-state index is -3.35. The predicted octanol–water partition coefficient (Wildman–Crippen LogP) is 2.72. The summed E-state index contributed by atoms with van der Waals surface area (Å²) in [6.07, 6.45) is 3.78. The van der Waals surface area contributed by atoms with Crippen molar-refractivity contribution < 1.29 is 16.8 Å². The summed E-state index contributed by atoms with van der Waals surface area (Å²) in [6.45, 7) is 2.50. The summed E-state index contributed by atoms with van der Waals surface area (Å²) in [5, 5.41) is 0.459. The molecular weight excluding hydrogens is 482 g/mol. The average Bonchev–Trinajstić information content (AvgIpc) is 3.55. The molecule has 0 bridgehead atoms. The van der Waals surface area contributed by atoms with Crippen LogP contribution in [0.25, 0.3) is 10.2 Å². The van der Waals surface area contributed by atoms with Gasteiger partial charge in [-0.2, -0.15) is 8.61 Å². The molecule has 3 heterocycles. The molecule has 1 aromatic heterocycles. The SMILES string of the molecule is Nc1ccc(S(=O)(=O)N2CCCC2)cc1.Nc1nc2ccc(S(=O)(=O)N3CCCC3)cc2s1. The Bertz CT molecular complexity index is 1330. The van der Waals surface area contributed by atoms with Gasteiger partial charge in [-0.05, 0) is 68.1 Å². The van der Waals surface area contributed by atoms with Gasteiger partial charge in [0.1, 0.15) is 0 Å². The van der Waals surface area contributed by atoms with Crippen LogP contribution in [0, 0.1) is 0 Å². The van der Waals surface area contributed by atoms with Crippen LogP contribution in [0.1, 0.15) is 25.7 Å². The highest BCUT2D eigenvalue weighted by atomic mass is 32.2. The van der Waals surface area contributed by atoms with Crippen molar-refractivity contribution in [3.63, 3.8) is 0 Å². The maximum Gasteiger partial charge on any atom is 0.243 e.